The van der Waals surface area contributed by atoms with Crippen LogP contribution >= 0.6 is 0 Å². The molecule has 0 aliphatic heterocycles. The Hall–Kier alpha value is -3.28. The highest BCUT2D eigenvalue weighted by molar-refractivity contribution is 5.90. The van der Waals surface area contributed by atoms with Crippen LogP contribution in [0.15, 0.2) is 85.2 Å². The first-order valence-electron chi connectivity index (χ1n) is 10.1. The first-order valence-corrected chi connectivity index (χ1v) is 10.1. The van der Waals surface area contributed by atoms with Crippen LogP contribution in [0.5, 0.6) is 0 Å². The predicted octanol–water partition coefficient (Wildman–Crippen LogP) is 4.24. The van der Waals surface area contributed by atoms with Crippen LogP contribution in [0.4, 0.5) is 0 Å². The molecule has 0 radical (unpaired) electrons. The Labute approximate surface area is 177 Å². The van der Waals surface area contributed by atoms with Gasteiger partial charge in [0, 0.05) is 31.6 Å². The van der Waals surface area contributed by atoms with E-state index in [1.54, 1.807) is 17.8 Å². The van der Waals surface area contributed by atoms with Crippen molar-refractivity contribution < 1.29 is 10.0 Å². The summed E-state index contributed by atoms with van der Waals surface area (Å²) in [5.74, 6) is -0.542. The fourth-order valence-electron chi connectivity index (χ4n) is 3.32. The van der Waals surface area contributed by atoms with Crippen molar-refractivity contribution in [2.24, 2.45) is 0 Å². The van der Waals surface area contributed by atoms with Crippen LogP contribution in [0.25, 0.3) is 6.08 Å². The molecule has 0 fully saturated rings. The van der Waals surface area contributed by atoms with E-state index in [2.05, 4.69) is 52.3 Å². The summed E-state index contributed by atoms with van der Waals surface area (Å²) in [6, 6.07) is 22.8. The molecule has 0 aliphatic rings. The highest BCUT2D eigenvalue weighted by Crippen LogP contribution is 2.13. The van der Waals surface area contributed by atoms with Gasteiger partial charge in [0.05, 0.1) is 0 Å². The minimum Gasteiger partial charge on any atom is -0.295 e. The SMILES string of the molecule is O=C(/C=C/c1ccc(CN(CCCc2ccccc2)Cc2cccnc2)cc1)NO. The van der Waals surface area contributed by atoms with Crippen LogP contribution in [0.2, 0.25) is 0 Å². The molecule has 3 rings (SSSR count). The van der Waals surface area contributed by atoms with Gasteiger partial charge in [0.1, 0.15) is 0 Å². The van der Waals surface area contributed by atoms with Crippen LogP contribution < -0.4 is 5.48 Å². The second-order valence-electron chi connectivity index (χ2n) is 7.21. The van der Waals surface area contributed by atoms with Gasteiger partial charge in [0.25, 0.3) is 5.91 Å². The second-order valence-corrected chi connectivity index (χ2v) is 7.21. The number of nitrogens with one attached hydrogen (secondary N) is 1. The normalized spacial score (nSPS) is 11.1. The van der Waals surface area contributed by atoms with Crippen LogP contribution in [0, 0.1) is 0 Å². The average molecular weight is 402 g/mol. The quantitative estimate of drug-likeness (QED) is 0.303. The van der Waals surface area contributed by atoms with Gasteiger partial charge < -0.3 is 0 Å². The molecule has 2 aromatic carbocycles. The predicted molar refractivity (Wildman–Crippen MR) is 119 cm³/mol. The summed E-state index contributed by atoms with van der Waals surface area (Å²) >= 11 is 0. The van der Waals surface area contributed by atoms with Gasteiger partial charge in [-0.1, -0.05) is 60.7 Å². The van der Waals surface area contributed by atoms with Crippen LogP contribution in [0.3, 0.4) is 0 Å². The Balaban J connectivity index is 1.62. The van der Waals surface area contributed by atoms with E-state index in [4.69, 9.17) is 5.21 Å². The van der Waals surface area contributed by atoms with Gasteiger partial charge in [0.15, 0.2) is 0 Å². The Bertz CT molecular complexity index is 926. The Morgan fingerprint density at radius 1 is 0.933 bits per heavy atom. The zero-order chi connectivity index (χ0) is 21.0. The van der Waals surface area contributed by atoms with Gasteiger partial charge >= 0.3 is 0 Å². The standard InChI is InChI=1S/C25H27N3O2/c29-25(27-30)15-14-22-10-12-23(13-11-22)19-28(20-24-8-4-16-26-18-24)17-5-9-21-6-2-1-3-7-21/h1-4,6-8,10-16,18,30H,5,9,17,19-20H2,(H,27,29)/b15-14+. The summed E-state index contributed by atoms with van der Waals surface area (Å²) in [6.45, 7) is 2.67. The molecule has 0 spiro atoms. The molecule has 0 bridgehead atoms. The highest BCUT2D eigenvalue weighted by Gasteiger charge is 2.08. The Morgan fingerprint density at radius 2 is 1.67 bits per heavy atom. The molecule has 0 aliphatic carbocycles. The Kier molecular flexibility index (Phi) is 8.33. The molecule has 2 N–H and O–H groups in total. The number of carbonyl (C=O) groups is 1. The molecule has 0 unspecified atom stereocenters. The summed E-state index contributed by atoms with van der Waals surface area (Å²) < 4.78 is 0. The van der Waals surface area contributed by atoms with Crippen molar-refractivity contribution in [3.63, 3.8) is 0 Å². The third-order valence-corrected chi connectivity index (χ3v) is 4.83. The van der Waals surface area contributed by atoms with E-state index in [1.165, 1.54) is 22.8 Å². The number of hydroxylamine groups is 1. The summed E-state index contributed by atoms with van der Waals surface area (Å²) in [5, 5.41) is 8.56. The molecule has 1 amide bonds. The van der Waals surface area contributed by atoms with Gasteiger partial charge in [-0.25, -0.2) is 5.48 Å². The number of hydrogen-bond acceptors (Lipinski definition) is 4. The monoisotopic (exact) mass is 401 g/mol. The van der Waals surface area contributed by atoms with Crippen molar-refractivity contribution in [1.82, 2.24) is 15.4 Å². The van der Waals surface area contributed by atoms with Crippen molar-refractivity contribution in [2.45, 2.75) is 25.9 Å². The zero-order valence-corrected chi connectivity index (χ0v) is 16.9. The zero-order valence-electron chi connectivity index (χ0n) is 16.9. The van der Waals surface area contributed by atoms with Crippen molar-refractivity contribution in [3.05, 3.63) is 107 Å². The molecular weight excluding hydrogens is 374 g/mol. The van der Waals surface area contributed by atoms with E-state index in [-0.39, 0.29) is 0 Å². The first kappa shape index (κ1) is 21.4. The molecule has 1 aromatic heterocycles. The largest absolute Gasteiger partial charge is 0.295 e. The fourth-order valence-corrected chi connectivity index (χ4v) is 3.32. The topological polar surface area (TPSA) is 65.5 Å². The fraction of sp³-hybridized carbons (Fsp3) is 0.200. The van der Waals surface area contributed by atoms with Crippen LogP contribution in [-0.2, 0) is 24.3 Å². The molecule has 0 saturated carbocycles. The molecule has 5 heteroatoms. The van der Waals surface area contributed by atoms with Crippen molar-refractivity contribution in [1.29, 1.82) is 0 Å². The molecule has 30 heavy (non-hydrogen) atoms. The number of aromatic nitrogens is 1. The van der Waals surface area contributed by atoms with E-state index in [0.717, 1.165) is 38.0 Å². The molecular formula is C25H27N3O2. The summed E-state index contributed by atoms with van der Waals surface area (Å²) in [6.07, 6.45) is 8.83. The van der Waals surface area contributed by atoms with Crippen LogP contribution in [-0.4, -0.2) is 27.5 Å². The summed E-state index contributed by atoms with van der Waals surface area (Å²) in [7, 11) is 0. The molecule has 0 atom stereocenters. The number of rotatable bonds is 10. The van der Waals surface area contributed by atoms with E-state index >= 15 is 0 Å². The molecule has 3 aromatic rings. The highest BCUT2D eigenvalue weighted by atomic mass is 16.5. The van der Waals surface area contributed by atoms with Crippen molar-refractivity contribution in [2.75, 3.05) is 6.54 Å². The first-order chi connectivity index (χ1) is 14.7. The number of pyridine rings is 1. The average Bonchev–Trinajstić information content (AvgIpc) is 2.79. The lowest BCUT2D eigenvalue weighted by atomic mass is 10.1. The smallest absolute Gasteiger partial charge is 0.267 e. The summed E-state index contributed by atoms with van der Waals surface area (Å²) in [4.78, 5) is 17.8. The van der Waals surface area contributed by atoms with E-state index in [1.807, 2.05) is 30.5 Å². The molecule has 1 heterocycles. The van der Waals surface area contributed by atoms with Crippen molar-refractivity contribution >= 4 is 12.0 Å². The lowest BCUT2D eigenvalue weighted by Crippen LogP contribution is -2.24. The third kappa shape index (κ3) is 7.28. The number of nitrogens with zero attached hydrogens (tertiary/aromatic N) is 2. The van der Waals surface area contributed by atoms with Gasteiger partial charge in [-0.3, -0.25) is 19.9 Å². The van der Waals surface area contributed by atoms with Gasteiger partial charge in [-0.2, -0.15) is 0 Å². The van der Waals surface area contributed by atoms with E-state index in [9.17, 15) is 4.79 Å². The van der Waals surface area contributed by atoms with E-state index in [0.29, 0.717) is 0 Å². The maximum Gasteiger partial charge on any atom is 0.267 e. The third-order valence-electron chi connectivity index (χ3n) is 4.83. The second kappa shape index (κ2) is 11.7. The summed E-state index contributed by atoms with van der Waals surface area (Å²) in [5.41, 5.74) is 6.27. The van der Waals surface area contributed by atoms with E-state index < -0.39 is 5.91 Å². The molecule has 0 saturated heterocycles. The molecule has 154 valence electrons. The molecule has 5 nitrogen and oxygen atoms in total. The maximum absolute atomic E-state index is 11.1. The minimum atomic E-state index is -0.542. The van der Waals surface area contributed by atoms with Gasteiger partial charge in [-0.15, -0.1) is 0 Å². The van der Waals surface area contributed by atoms with Crippen LogP contribution in [0.1, 0.15) is 28.7 Å². The number of carbonyl (C=O) groups excluding carboxylic acids is 1. The maximum atomic E-state index is 11.1. The van der Waals surface area contributed by atoms with Gasteiger partial charge in [-0.05, 0) is 53.8 Å². The number of benzene rings is 2. The van der Waals surface area contributed by atoms with Gasteiger partial charge in [0.2, 0.25) is 0 Å². The van der Waals surface area contributed by atoms with Crippen molar-refractivity contribution in [3.8, 4) is 0 Å². The lowest BCUT2D eigenvalue weighted by molar-refractivity contribution is -0.124. The number of amides is 1. The number of hydrogen-bond donors (Lipinski definition) is 2. The minimum absolute atomic E-state index is 0.542. The lowest BCUT2D eigenvalue weighted by Gasteiger charge is -2.22. The number of aryl methyl sites for hydroxylation is 1. The Morgan fingerprint density at radius 3 is 2.37 bits per heavy atom.